The van der Waals surface area contributed by atoms with E-state index >= 15 is 0 Å². The summed E-state index contributed by atoms with van der Waals surface area (Å²) in [6.45, 7) is 1.74. The Morgan fingerprint density at radius 3 is 2.90 bits per heavy atom. The quantitative estimate of drug-likeness (QED) is 0.633. The van der Waals surface area contributed by atoms with E-state index in [1.807, 2.05) is 0 Å². The van der Waals surface area contributed by atoms with Gasteiger partial charge in [-0.3, -0.25) is 0 Å². The molecule has 1 aromatic carbocycles. The average Bonchev–Trinajstić information content (AvgIpc) is 3.40. The van der Waals surface area contributed by atoms with Gasteiger partial charge in [0.15, 0.2) is 5.82 Å². The number of nitrogens with one attached hydrogen (secondary N) is 1. The molecule has 10 heteroatoms. The minimum absolute atomic E-state index is 0.207. The molecule has 10 nitrogen and oxygen atoms in total. The van der Waals surface area contributed by atoms with Crippen LogP contribution in [0.5, 0.6) is 11.5 Å². The Kier molecular flexibility index (Phi) is 7.25. The van der Waals surface area contributed by atoms with Crippen molar-refractivity contribution in [2.75, 3.05) is 46.4 Å². The number of methoxy groups -OCH3 is 3. The van der Waals surface area contributed by atoms with Crippen molar-refractivity contribution in [1.82, 2.24) is 15.0 Å². The number of nitrogens with zero attached hydrogens (tertiary/aromatic N) is 3. The highest BCUT2D eigenvalue weighted by Crippen LogP contribution is 2.33. The van der Waals surface area contributed by atoms with Crippen LogP contribution in [-0.2, 0) is 16.1 Å². The molecule has 1 aliphatic rings. The zero-order valence-electron chi connectivity index (χ0n) is 16.8. The van der Waals surface area contributed by atoms with Gasteiger partial charge in [0.1, 0.15) is 18.1 Å². The van der Waals surface area contributed by atoms with E-state index in [1.54, 1.807) is 44.4 Å². The Morgan fingerprint density at radius 1 is 1.28 bits per heavy atom. The summed E-state index contributed by atoms with van der Waals surface area (Å²) in [7, 11) is 4.72. The largest absolute Gasteiger partial charge is 0.497 e. The monoisotopic (exact) mass is 406 g/mol. The molecule has 1 unspecified atom stereocenters. The van der Waals surface area contributed by atoms with Gasteiger partial charge in [0.05, 0.1) is 39.2 Å². The molecule has 29 heavy (non-hydrogen) atoms. The molecule has 1 aliphatic heterocycles. The summed E-state index contributed by atoms with van der Waals surface area (Å²) in [4.78, 5) is 19.0. The lowest BCUT2D eigenvalue weighted by atomic mass is 10.2. The van der Waals surface area contributed by atoms with Crippen molar-refractivity contribution in [1.29, 1.82) is 0 Å². The number of anilines is 1. The van der Waals surface area contributed by atoms with Crippen LogP contribution in [-0.4, -0.2) is 62.2 Å². The van der Waals surface area contributed by atoms with Gasteiger partial charge in [-0.05, 0) is 25.0 Å². The van der Waals surface area contributed by atoms with Gasteiger partial charge in [0.25, 0.3) is 5.89 Å². The number of aromatic nitrogens is 2. The van der Waals surface area contributed by atoms with Gasteiger partial charge in [-0.25, -0.2) is 4.79 Å². The smallest absolute Gasteiger partial charge is 0.322 e. The second kappa shape index (κ2) is 10.1. The Hall–Kier alpha value is -2.85. The van der Waals surface area contributed by atoms with Crippen LogP contribution in [0.15, 0.2) is 22.7 Å². The maximum atomic E-state index is 12.9. The third-order valence-corrected chi connectivity index (χ3v) is 4.60. The SMILES string of the molecule is COCCOCc1nc(C2CCCN2C(=O)Nc2ccc(OC)cc2OC)no1. The Morgan fingerprint density at radius 2 is 2.14 bits per heavy atom. The standard InChI is InChI=1S/C19H26N4O6/c1-25-9-10-28-12-17-21-18(22-29-17)15-5-4-8-23(15)19(24)20-14-7-6-13(26-2)11-16(14)27-3/h6-7,11,15H,4-5,8-10,12H2,1-3H3,(H,20,24). The summed E-state index contributed by atoms with van der Waals surface area (Å²) in [6.07, 6.45) is 1.61. The molecule has 1 atom stereocenters. The van der Waals surface area contributed by atoms with E-state index in [2.05, 4.69) is 15.5 Å². The first kappa shape index (κ1) is 20.9. The van der Waals surface area contributed by atoms with Gasteiger partial charge in [-0.2, -0.15) is 4.98 Å². The first-order chi connectivity index (χ1) is 14.2. The lowest BCUT2D eigenvalue weighted by molar-refractivity contribution is 0.0494. The van der Waals surface area contributed by atoms with Gasteiger partial charge in [-0.15, -0.1) is 0 Å². The van der Waals surface area contributed by atoms with Crippen LogP contribution in [0.25, 0.3) is 0 Å². The fourth-order valence-electron chi connectivity index (χ4n) is 3.13. The van der Waals surface area contributed by atoms with Crippen molar-refractivity contribution in [3.8, 4) is 11.5 Å². The molecule has 2 heterocycles. The van der Waals surface area contributed by atoms with Crippen LogP contribution in [0.2, 0.25) is 0 Å². The highest BCUT2D eigenvalue weighted by Gasteiger charge is 2.33. The van der Waals surface area contributed by atoms with E-state index < -0.39 is 0 Å². The number of ether oxygens (including phenoxy) is 4. The summed E-state index contributed by atoms with van der Waals surface area (Å²) in [6, 6.07) is 4.71. The van der Waals surface area contributed by atoms with Crippen LogP contribution in [0.3, 0.4) is 0 Å². The molecule has 3 rings (SSSR count). The lowest BCUT2D eigenvalue weighted by Crippen LogP contribution is -2.35. The molecule has 0 bridgehead atoms. The third-order valence-electron chi connectivity index (χ3n) is 4.60. The second-order valence-corrected chi connectivity index (χ2v) is 6.44. The van der Waals surface area contributed by atoms with Gasteiger partial charge in [0, 0.05) is 19.7 Å². The highest BCUT2D eigenvalue weighted by molar-refractivity contribution is 5.91. The summed E-state index contributed by atoms with van der Waals surface area (Å²) in [5.41, 5.74) is 0.560. The fraction of sp³-hybridized carbons (Fsp3) is 0.526. The van der Waals surface area contributed by atoms with Crippen molar-refractivity contribution in [3.63, 3.8) is 0 Å². The molecule has 1 aromatic heterocycles. The van der Waals surface area contributed by atoms with Crippen molar-refractivity contribution < 1.29 is 28.3 Å². The summed E-state index contributed by atoms with van der Waals surface area (Å²) >= 11 is 0. The van der Waals surface area contributed by atoms with E-state index in [0.717, 1.165) is 12.8 Å². The average molecular weight is 406 g/mol. The van der Waals surface area contributed by atoms with Crippen LogP contribution in [0.1, 0.15) is 30.6 Å². The van der Waals surface area contributed by atoms with E-state index in [4.69, 9.17) is 23.5 Å². The molecule has 158 valence electrons. The minimum Gasteiger partial charge on any atom is -0.497 e. The van der Waals surface area contributed by atoms with E-state index in [0.29, 0.717) is 48.7 Å². The van der Waals surface area contributed by atoms with Crippen molar-refractivity contribution in [3.05, 3.63) is 29.9 Å². The van der Waals surface area contributed by atoms with Crippen LogP contribution >= 0.6 is 0 Å². The topological polar surface area (TPSA) is 108 Å². The predicted molar refractivity (Wildman–Crippen MR) is 103 cm³/mol. The number of hydrogen-bond donors (Lipinski definition) is 1. The van der Waals surface area contributed by atoms with Crippen molar-refractivity contribution in [2.24, 2.45) is 0 Å². The Bertz CT molecular complexity index is 812. The number of benzene rings is 1. The first-order valence-corrected chi connectivity index (χ1v) is 9.35. The minimum atomic E-state index is -0.254. The molecule has 0 spiro atoms. The maximum Gasteiger partial charge on any atom is 0.322 e. The highest BCUT2D eigenvalue weighted by atomic mass is 16.5. The number of likely N-dealkylation sites (tertiary alicyclic amines) is 1. The van der Waals surface area contributed by atoms with Crippen molar-refractivity contribution >= 4 is 11.7 Å². The van der Waals surface area contributed by atoms with Gasteiger partial charge < -0.3 is 33.7 Å². The maximum absolute atomic E-state index is 12.9. The second-order valence-electron chi connectivity index (χ2n) is 6.44. The van der Waals surface area contributed by atoms with Crippen LogP contribution in [0, 0.1) is 0 Å². The van der Waals surface area contributed by atoms with Crippen LogP contribution < -0.4 is 14.8 Å². The zero-order valence-corrected chi connectivity index (χ0v) is 16.8. The Balaban J connectivity index is 1.65. The molecule has 0 radical (unpaired) electrons. The lowest BCUT2D eigenvalue weighted by Gasteiger charge is -2.23. The van der Waals surface area contributed by atoms with Gasteiger partial charge in [0.2, 0.25) is 0 Å². The molecule has 0 saturated carbocycles. The third kappa shape index (κ3) is 5.15. The summed E-state index contributed by atoms with van der Waals surface area (Å²) in [5.74, 6) is 2.01. The molecular weight excluding hydrogens is 380 g/mol. The molecule has 2 amide bonds. The summed E-state index contributed by atoms with van der Waals surface area (Å²) in [5, 5.41) is 6.92. The number of hydrogen-bond acceptors (Lipinski definition) is 8. The van der Waals surface area contributed by atoms with E-state index in [-0.39, 0.29) is 18.7 Å². The number of rotatable bonds is 9. The molecule has 1 saturated heterocycles. The first-order valence-electron chi connectivity index (χ1n) is 9.35. The number of amides is 2. The molecule has 1 N–H and O–H groups in total. The predicted octanol–water partition coefficient (Wildman–Crippen LogP) is 2.62. The normalized spacial score (nSPS) is 16.1. The van der Waals surface area contributed by atoms with Crippen LogP contribution in [0.4, 0.5) is 10.5 Å². The van der Waals surface area contributed by atoms with E-state index in [9.17, 15) is 4.79 Å². The molecule has 1 fully saturated rings. The molecule has 2 aromatic rings. The van der Waals surface area contributed by atoms with Gasteiger partial charge >= 0.3 is 6.03 Å². The van der Waals surface area contributed by atoms with Crippen molar-refractivity contribution in [2.45, 2.75) is 25.5 Å². The molecule has 0 aliphatic carbocycles. The Labute approximate surface area is 169 Å². The summed E-state index contributed by atoms with van der Waals surface area (Å²) < 4.78 is 26.1. The molecular formula is C19H26N4O6. The number of urea groups is 1. The zero-order chi connectivity index (χ0) is 20.6. The fourth-order valence-corrected chi connectivity index (χ4v) is 3.13. The van der Waals surface area contributed by atoms with Gasteiger partial charge in [-0.1, -0.05) is 5.16 Å². The van der Waals surface area contributed by atoms with E-state index in [1.165, 1.54) is 0 Å². The number of carbonyl (C=O) groups excluding carboxylic acids is 1. The number of carbonyl (C=O) groups is 1.